The highest BCUT2D eigenvalue weighted by Crippen LogP contribution is 2.31. The minimum atomic E-state index is -0.594. The first kappa shape index (κ1) is 48.8. The average molecular weight is 958 g/mol. The number of fused-ring (bicyclic) bond motifs is 2. The molecule has 71 heavy (non-hydrogen) atoms. The first-order chi connectivity index (χ1) is 34.5. The zero-order chi connectivity index (χ0) is 49.6. The molecule has 0 unspecified atom stereocenters. The van der Waals surface area contributed by atoms with E-state index in [4.69, 9.17) is 9.47 Å². The van der Waals surface area contributed by atoms with Crippen molar-refractivity contribution in [1.82, 2.24) is 33.9 Å². The van der Waals surface area contributed by atoms with E-state index in [1.807, 2.05) is 71.3 Å². The largest absolute Gasteiger partial charge is 0.440 e. The summed E-state index contributed by atoms with van der Waals surface area (Å²) in [5, 5.41) is 6.27. The Hall–Kier alpha value is -7.16. The lowest BCUT2D eigenvalue weighted by molar-refractivity contribution is -0.143. The second kappa shape index (κ2) is 21.9. The molecule has 0 aliphatic carbocycles. The molecule has 0 saturated carbocycles. The number of para-hydroxylation sites is 1. The van der Waals surface area contributed by atoms with Gasteiger partial charge in [-0.15, -0.1) is 0 Å². The van der Waals surface area contributed by atoms with E-state index in [0.717, 1.165) is 77.6 Å². The van der Waals surface area contributed by atoms with Crippen molar-refractivity contribution in [2.75, 3.05) is 59.4 Å². The Morgan fingerprint density at radius 3 is 2.03 bits per heavy atom. The van der Waals surface area contributed by atoms with Gasteiger partial charge in [0.05, 0.1) is 34.3 Å². The Morgan fingerprint density at radius 1 is 0.718 bits per heavy atom. The molecule has 3 aliphatic heterocycles. The molecule has 5 heterocycles. The van der Waals surface area contributed by atoms with Crippen LogP contribution in [0.3, 0.4) is 0 Å². The summed E-state index contributed by atoms with van der Waals surface area (Å²) in [6, 6.07) is 28.1. The number of aromatic nitrogens is 3. The van der Waals surface area contributed by atoms with Crippen molar-refractivity contribution in [3.8, 4) is 0 Å². The van der Waals surface area contributed by atoms with Crippen molar-refractivity contribution in [2.45, 2.75) is 70.9 Å². The van der Waals surface area contributed by atoms with E-state index in [9.17, 15) is 24.0 Å². The lowest BCUT2D eigenvalue weighted by Crippen LogP contribution is -2.55. The van der Waals surface area contributed by atoms with Crippen LogP contribution < -0.4 is 5.56 Å². The van der Waals surface area contributed by atoms with E-state index in [2.05, 4.69) is 35.1 Å². The topological polar surface area (TPSA) is 140 Å². The van der Waals surface area contributed by atoms with Gasteiger partial charge in [0.2, 0.25) is 11.8 Å². The standard InChI is InChI=1S/C57H63N7O7/c1-5-40-11-9-14-45(30-40)56(68)70-37-63-51-16-8-7-13-44(51)34-50(55(63)67)43-17-23-61(24-18-43)52(65)35-47(54(66)62-27-25-60(26-28-62)49-19-21-59(4)22-20-49)32-42-29-39(3)53-48(33-42)36-58-64(53)38-71-57(69)46-15-10-12-41(6-2)31-46/h5-16,29-31,33-34,36,43,47,49H,1-2,17-28,32,35,37-38H2,3-4H3/t47-/m0/s1. The predicted molar refractivity (Wildman–Crippen MR) is 276 cm³/mol. The number of ether oxygens (including phenoxy) is 2. The Balaban J connectivity index is 0.892. The number of pyridine rings is 1. The van der Waals surface area contributed by atoms with Crippen LogP contribution in [0.25, 0.3) is 34.0 Å². The van der Waals surface area contributed by atoms with Gasteiger partial charge in [0.15, 0.2) is 13.5 Å². The molecule has 0 radical (unpaired) electrons. The van der Waals surface area contributed by atoms with Crippen LogP contribution in [0.5, 0.6) is 0 Å². The summed E-state index contributed by atoms with van der Waals surface area (Å²) in [7, 11) is 2.17. The van der Waals surface area contributed by atoms with Crippen LogP contribution in [0.1, 0.15) is 86.6 Å². The first-order valence-electron chi connectivity index (χ1n) is 24.8. The van der Waals surface area contributed by atoms with Crippen molar-refractivity contribution in [3.63, 3.8) is 0 Å². The molecule has 14 heteroatoms. The maximum absolute atomic E-state index is 14.7. The Kier molecular flexibility index (Phi) is 15.0. The number of hydrogen-bond donors (Lipinski definition) is 0. The normalized spacial score (nSPS) is 16.8. The number of hydrogen-bond acceptors (Lipinski definition) is 10. The predicted octanol–water partition coefficient (Wildman–Crippen LogP) is 7.77. The Bertz CT molecular complexity index is 3020. The molecule has 3 aliphatic rings. The van der Waals surface area contributed by atoms with Crippen molar-refractivity contribution >= 4 is 57.7 Å². The van der Waals surface area contributed by atoms with E-state index in [1.165, 1.54) is 4.57 Å². The number of benzene rings is 4. The molecule has 0 bridgehead atoms. The summed E-state index contributed by atoms with van der Waals surface area (Å²) in [5.74, 6) is -1.81. The fourth-order valence-electron chi connectivity index (χ4n) is 10.7. The molecule has 9 rings (SSSR count). The van der Waals surface area contributed by atoms with Gasteiger partial charge in [-0.2, -0.15) is 5.10 Å². The molecule has 6 aromatic rings. The summed E-state index contributed by atoms with van der Waals surface area (Å²) in [6.45, 7) is 15.1. The number of amides is 2. The lowest BCUT2D eigenvalue weighted by atomic mass is 9.88. The average Bonchev–Trinajstić information content (AvgIpc) is 3.82. The van der Waals surface area contributed by atoms with E-state index < -0.39 is 17.9 Å². The van der Waals surface area contributed by atoms with Gasteiger partial charge >= 0.3 is 11.9 Å². The van der Waals surface area contributed by atoms with Gasteiger partial charge in [-0.05, 0) is 135 Å². The highest BCUT2D eigenvalue weighted by Gasteiger charge is 2.35. The number of piperazine rings is 1. The van der Waals surface area contributed by atoms with Crippen LogP contribution in [0.15, 0.2) is 115 Å². The third kappa shape index (κ3) is 11.1. The van der Waals surface area contributed by atoms with Gasteiger partial charge in [-0.1, -0.05) is 73.8 Å². The Morgan fingerprint density at radius 2 is 1.37 bits per heavy atom. The number of aryl methyl sites for hydroxylation is 1. The van der Waals surface area contributed by atoms with Gasteiger partial charge < -0.3 is 24.2 Å². The third-order valence-corrected chi connectivity index (χ3v) is 14.7. The number of esters is 2. The number of rotatable bonds is 15. The Labute approximate surface area is 414 Å². The van der Waals surface area contributed by atoms with Crippen molar-refractivity contribution in [3.05, 3.63) is 160 Å². The number of carbonyl (C=O) groups is 4. The number of nitrogens with zero attached hydrogens (tertiary/aromatic N) is 7. The van der Waals surface area contributed by atoms with Gasteiger partial charge in [0, 0.05) is 62.7 Å². The molecule has 3 saturated heterocycles. The molecule has 2 amide bonds. The number of piperidine rings is 2. The molecule has 2 aromatic heterocycles. The minimum Gasteiger partial charge on any atom is -0.440 e. The molecule has 3 fully saturated rings. The first-order valence-corrected chi connectivity index (χ1v) is 24.8. The number of likely N-dealkylation sites (tertiary alicyclic amines) is 2. The second-order valence-electron chi connectivity index (χ2n) is 19.3. The van der Waals surface area contributed by atoms with Crippen LogP contribution in [0, 0.1) is 12.8 Å². The minimum absolute atomic E-state index is 0.0111. The second-order valence-corrected chi connectivity index (χ2v) is 19.3. The van der Waals surface area contributed by atoms with Crippen LogP contribution in [0.4, 0.5) is 0 Å². The maximum Gasteiger partial charge on any atom is 0.339 e. The van der Waals surface area contributed by atoms with Gasteiger partial charge in [0.1, 0.15) is 0 Å². The summed E-state index contributed by atoms with van der Waals surface area (Å²) in [4.78, 5) is 78.2. The summed E-state index contributed by atoms with van der Waals surface area (Å²) in [5.41, 5.74) is 6.12. The highest BCUT2D eigenvalue weighted by molar-refractivity contribution is 5.91. The van der Waals surface area contributed by atoms with Crippen LogP contribution in [-0.2, 0) is 38.9 Å². The van der Waals surface area contributed by atoms with Crippen LogP contribution >= 0.6 is 0 Å². The summed E-state index contributed by atoms with van der Waals surface area (Å²) >= 11 is 0. The van der Waals surface area contributed by atoms with E-state index in [-0.39, 0.29) is 43.2 Å². The van der Waals surface area contributed by atoms with Crippen LogP contribution in [0.2, 0.25) is 0 Å². The zero-order valence-electron chi connectivity index (χ0n) is 40.8. The molecule has 0 spiro atoms. The van der Waals surface area contributed by atoms with Crippen molar-refractivity contribution in [1.29, 1.82) is 0 Å². The van der Waals surface area contributed by atoms with Gasteiger partial charge in [-0.25, -0.2) is 14.3 Å². The van der Waals surface area contributed by atoms with E-state index in [0.29, 0.717) is 73.7 Å². The van der Waals surface area contributed by atoms with Gasteiger partial charge in [0.25, 0.3) is 5.56 Å². The molecule has 0 N–H and O–H groups in total. The summed E-state index contributed by atoms with van der Waals surface area (Å²) < 4.78 is 14.6. The highest BCUT2D eigenvalue weighted by atomic mass is 16.5. The monoisotopic (exact) mass is 957 g/mol. The molecular formula is C57H63N7O7. The quantitative estimate of drug-likeness (QED) is 0.0939. The molecule has 368 valence electrons. The zero-order valence-corrected chi connectivity index (χ0v) is 40.8. The van der Waals surface area contributed by atoms with Crippen molar-refractivity contribution in [2.24, 2.45) is 5.92 Å². The maximum atomic E-state index is 14.7. The SMILES string of the molecule is C=Cc1cccc(C(=O)OCn2ncc3cc(C[C@@H](CC(=O)N4CCC(c5cc6ccccc6n(COC(=O)c6cccc(C=C)c6)c5=O)CC4)C(=O)N4CCN(C5CCN(C)CC5)CC4)cc(C)c32)c1. The number of carbonyl (C=O) groups excluding carboxylic acids is 4. The third-order valence-electron chi connectivity index (χ3n) is 14.7. The van der Waals surface area contributed by atoms with Crippen molar-refractivity contribution < 1.29 is 28.7 Å². The molecule has 4 aromatic carbocycles. The van der Waals surface area contributed by atoms with E-state index in [1.54, 1.807) is 59.4 Å². The fourth-order valence-corrected chi connectivity index (χ4v) is 10.7. The lowest BCUT2D eigenvalue weighted by Gasteiger charge is -2.43. The molecule has 14 nitrogen and oxygen atoms in total. The molecular weight excluding hydrogens is 895 g/mol. The summed E-state index contributed by atoms with van der Waals surface area (Å²) in [6.07, 6.45) is 8.90. The van der Waals surface area contributed by atoms with Gasteiger partial charge in [-0.3, -0.25) is 23.9 Å². The smallest absolute Gasteiger partial charge is 0.339 e. The van der Waals surface area contributed by atoms with Crippen LogP contribution in [-0.4, -0.2) is 123 Å². The fraction of sp³-hybridized carbons (Fsp3) is 0.368. The molecule has 1 atom stereocenters. The van der Waals surface area contributed by atoms with E-state index >= 15 is 0 Å².